The molecule has 4 rings (SSSR count). The molecular weight excluding hydrogens is 259 g/mol. The lowest BCUT2D eigenvalue weighted by molar-refractivity contribution is 1.55. The van der Waals surface area contributed by atoms with E-state index in [-0.39, 0.29) is 7.53 Å². The molecular formula is C19H15P. The highest BCUT2D eigenvalue weighted by Crippen LogP contribution is 2.55. The highest BCUT2D eigenvalue weighted by molar-refractivity contribution is 7.67. The Morgan fingerprint density at radius 1 is 0.650 bits per heavy atom. The Morgan fingerprint density at radius 2 is 1.35 bits per heavy atom. The summed E-state index contributed by atoms with van der Waals surface area (Å²) in [7, 11) is -0.388. The molecule has 0 N–H and O–H groups in total. The summed E-state index contributed by atoms with van der Waals surface area (Å²) < 4.78 is 0. The van der Waals surface area contributed by atoms with E-state index >= 15 is 0 Å². The van der Waals surface area contributed by atoms with Gasteiger partial charge >= 0.3 is 0 Å². The zero-order valence-electron chi connectivity index (χ0n) is 11.4. The van der Waals surface area contributed by atoms with Crippen LogP contribution in [0.2, 0.25) is 0 Å². The largest absolute Gasteiger partial charge is 0.0772 e. The minimum Gasteiger partial charge on any atom is -0.0772 e. The molecule has 0 radical (unpaired) electrons. The monoisotopic (exact) mass is 274 g/mol. The number of hydrogen-bond donors (Lipinski definition) is 0. The van der Waals surface area contributed by atoms with Gasteiger partial charge in [-0.25, -0.2) is 0 Å². The minimum atomic E-state index is -0.388. The Hall–Kier alpha value is -2.04. The molecule has 0 nitrogen and oxygen atoms in total. The van der Waals surface area contributed by atoms with Crippen molar-refractivity contribution in [3.63, 3.8) is 0 Å². The minimum absolute atomic E-state index is 0.388. The van der Waals surface area contributed by atoms with Crippen molar-refractivity contribution in [3.8, 4) is 5.30 Å². The number of rotatable bonds is 1. The molecule has 1 heteroatoms. The summed E-state index contributed by atoms with van der Waals surface area (Å²) in [6, 6.07) is 26.5. The Balaban J connectivity index is 2.26. The Morgan fingerprint density at radius 3 is 2.20 bits per heavy atom. The quantitative estimate of drug-likeness (QED) is 0.383. The van der Waals surface area contributed by atoms with E-state index in [1.807, 2.05) is 0 Å². The summed E-state index contributed by atoms with van der Waals surface area (Å²) >= 11 is 0. The molecule has 20 heavy (non-hydrogen) atoms. The molecule has 0 bridgehead atoms. The van der Waals surface area contributed by atoms with Crippen molar-refractivity contribution in [3.05, 3.63) is 78.4 Å². The van der Waals surface area contributed by atoms with Crippen molar-refractivity contribution in [1.82, 2.24) is 0 Å². The number of fused-ring (bicyclic) bond motifs is 3. The number of hydrogen-bond acceptors (Lipinski definition) is 0. The fourth-order valence-corrected chi connectivity index (χ4v) is 5.76. The van der Waals surface area contributed by atoms with Crippen molar-refractivity contribution >= 4 is 28.5 Å². The lowest BCUT2D eigenvalue weighted by Gasteiger charge is -2.03. The van der Waals surface area contributed by atoms with E-state index in [1.165, 1.54) is 31.9 Å². The molecule has 0 spiro atoms. The van der Waals surface area contributed by atoms with Crippen molar-refractivity contribution in [2.24, 2.45) is 0 Å². The third kappa shape index (κ3) is 1.62. The van der Waals surface area contributed by atoms with Gasteiger partial charge in [-0.3, -0.25) is 0 Å². The molecule has 1 atom stereocenters. The third-order valence-electron chi connectivity index (χ3n) is 3.92. The first-order valence-electron chi connectivity index (χ1n) is 6.90. The number of benzene rings is 3. The first-order chi connectivity index (χ1) is 9.86. The van der Waals surface area contributed by atoms with Gasteiger partial charge < -0.3 is 0 Å². The van der Waals surface area contributed by atoms with Crippen LogP contribution < -0.4 is 0 Å². The summed E-state index contributed by atoms with van der Waals surface area (Å²) in [5, 5.41) is 7.33. The van der Waals surface area contributed by atoms with E-state index in [4.69, 9.17) is 0 Å². The summed E-state index contributed by atoms with van der Waals surface area (Å²) in [6.45, 7) is 2.22. The van der Waals surface area contributed by atoms with E-state index < -0.39 is 0 Å². The van der Waals surface area contributed by atoms with Crippen LogP contribution in [0, 0.1) is 6.92 Å². The van der Waals surface area contributed by atoms with Crippen molar-refractivity contribution in [1.29, 1.82) is 0 Å². The Labute approximate surface area is 119 Å². The molecule has 0 amide bonds. The molecule has 0 aliphatic heterocycles. The second kappa shape index (κ2) is 4.51. The molecule has 0 saturated carbocycles. The van der Waals surface area contributed by atoms with E-state index in [0.717, 1.165) is 0 Å². The first kappa shape index (κ1) is 11.8. The number of aryl methyl sites for hydroxylation is 1. The van der Waals surface area contributed by atoms with Crippen molar-refractivity contribution in [2.75, 3.05) is 0 Å². The van der Waals surface area contributed by atoms with Gasteiger partial charge in [-0.2, -0.15) is 0 Å². The third-order valence-corrected chi connectivity index (χ3v) is 6.46. The van der Waals surface area contributed by atoms with Gasteiger partial charge in [0.1, 0.15) is 0 Å². The average molecular weight is 274 g/mol. The first-order valence-corrected chi connectivity index (χ1v) is 8.24. The summed E-state index contributed by atoms with van der Waals surface area (Å²) in [5.41, 5.74) is 1.39. The normalized spacial score (nSPS) is 12.2. The maximum atomic E-state index is 2.31. The zero-order valence-corrected chi connectivity index (χ0v) is 12.3. The van der Waals surface area contributed by atoms with Crippen LogP contribution in [0.4, 0.5) is 0 Å². The maximum Gasteiger partial charge on any atom is 0.00709 e. The Kier molecular flexibility index (Phi) is 2.65. The fourth-order valence-electron chi connectivity index (χ4n) is 3.05. The van der Waals surface area contributed by atoms with Gasteiger partial charge in [0.25, 0.3) is 0 Å². The van der Waals surface area contributed by atoms with Gasteiger partial charge in [-0.1, -0.05) is 74.3 Å². The maximum absolute atomic E-state index is 2.31. The van der Waals surface area contributed by atoms with E-state index in [1.54, 1.807) is 0 Å². The van der Waals surface area contributed by atoms with Crippen LogP contribution in [0.5, 0.6) is 0 Å². The predicted octanol–water partition coefficient (Wildman–Crippen LogP) is 6.28. The van der Waals surface area contributed by atoms with Gasteiger partial charge in [0.2, 0.25) is 0 Å². The van der Waals surface area contributed by atoms with Crippen LogP contribution in [0.1, 0.15) is 5.56 Å². The highest BCUT2D eigenvalue weighted by Gasteiger charge is 2.13. The van der Waals surface area contributed by atoms with E-state index in [0.29, 0.717) is 0 Å². The van der Waals surface area contributed by atoms with Gasteiger partial charge in [0.05, 0.1) is 0 Å². The molecule has 0 saturated heterocycles. The topological polar surface area (TPSA) is 0 Å². The molecule has 0 aliphatic carbocycles. The highest BCUT2D eigenvalue weighted by atomic mass is 31.1. The average Bonchev–Trinajstić information content (AvgIpc) is 2.84. The van der Waals surface area contributed by atoms with Crippen molar-refractivity contribution < 1.29 is 0 Å². The molecule has 1 unspecified atom stereocenters. The predicted molar refractivity (Wildman–Crippen MR) is 90.2 cm³/mol. The smallest absolute Gasteiger partial charge is 0.00709 e. The van der Waals surface area contributed by atoms with E-state index in [2.05, 4.69) is 79.7 Å². The summed E-state index contributed by atoms with van der Waals surface area (Å²) in [5.74, 6) is 0. The molecule has 1 aromatic heterocycles. The van der Waals surface area contributed by atoms with Gasteiger partial charge in [0, 0.05) is 10.2 Å². The molecule has 1 heterocycles. The fraction of sp³-hybridized carbons (Fsp3) is 0.0526. The van der Waals surface area contributed by atoms with Gasteiger partial charge in [0.15, 0.2) is 0 Å². The standard InChI is InChI=1S/C19H15P/c1-14-8-7-13-18-19(14)16-11-5-6-12-17(16)20(18)15-9-3-2-4-10-15/h2-13H,1H3. The second-order valence-electron chi connectivity index (χ2n) is 5.16. The molecule has 0 aliphatic rings. The second-order valence-corrected chi connectivity index (χ2v) is 7.31. The van der Waals surface area contributed by atoms with Crippen LogP contribution >= 0.6 is 7.53 Å². The lowest BCUT2D eigenvalue weighted by Crippen LogP contribution is -1.72. The van der Waals surface area contributed by atoms with Crippen LogP contribution in [0.25, 0.3) is 26.3 Å². The molecule has 3 aromatic carbocycles. The van der Waals surface area contributed by atoms with Crippen molar-refractivity contribution in [2.45, 2.75) is 6.92 Å². The Bertz CT molecular complexity index is 901. The molecule has 0 fully saturated rings. The van der Waals surface area contributed by atoms with Crippen LogP contribution in [0.15, 0.2) is 72.8 Å². The van der Waals surface area contributed by atoms with Gasteiger partial charge in [-0.15, -0.1) is 0 Å². The van der Waals surface area contributed by atoms with Crippen LogP contribution in [0.3, 0.4) is 0 Å². The molecule has 4 aromatic rings. The lowest BCUT2D eigenvalue weighted by atomic mass is 10.1. The van der Waals surface area contributed by atoms with Crippen LogP contribution in [-0.4, -0.2) is 0 Å². The zero-order chi connectivity index (χ0) is 13.5. The molecule has 96 valence electrons. The summed E-state index contributed by atoms with van der Waals surface area (Å²) in [4.78, 5) is 0. The van der Waals surface area contributed by atoms with E-state index in [9.17, 15) is 0 Å². The van der Waals surface area contributed by atoms with Gasteiger partial charge in [-0.05, 0) is 34.6 Å². The SMILES string of the molecule is Cc1cccc2c1c1ccccc1p2-c1ccccc1. The van der Waals surface area contributed by atoms with Crippen LogP contribution in [-0.2, 0) is 0 Å². The summed E-state index contributed by atoms with van der Waals surface area (Å²) in [6.07, 6.45) is 0.